The number of alkyl halides is 3. The number of benzene rings is 2. The highest BCUT2D eigenvalue weighted by Gasteiger charge is 2.62. The number of pyridine rings is 1. The van der Waals surface area contributed by atoms with Gasteiger partial charge in [0.2, 0.25) is 0 Å². The number of methoxy groups -OCH3 is 1. The lowest BCUT2D eigenvalue weighted by Crippen LogP contribution is -2.62. The molecule has 0 fully saturated rings. The van der Waals surface area contributed by atoms with E-state index in [1.165, 1.54) is 52.1 Å². The van der Waals surface area contributed by atoms with Crippen molar-refractivity contribution in [3.05, 3.63) is 99.9 Å². The van der Waals surface area contributed by atoms with E-state index in [1.54, 1.807) is 0 Å². The third-order valence-electron chi connectivity index (χ3n) is 11.0. The van der Waals surface area contributed by atoms with Gasteiger partial charge in [0.05, 0.1) is 23.7 Å². The van der Waals surface area contributed by atoms with Crippen molar-refractivity contribution in [2.45, 2.75) is 118 Å². The summed E-state index contributed by atoms with van der Waals surface area (Å²) in [6, 6.07) is 13.3. The smallest absolute Gasteiger partial charge is 0.417 e. The van der Waals surface area contributed by atoms with Crippen molar-refractivity contribution in [1.82, 2.24) is 4.98 Å². The minimum atomic E-state index is -4.72. The summed E-state index contributed by atoms with van der Waals surface area (Å²) in [5.41, 5.74) is -1.94. The lowest BCUT2D eigenvalue weighted by molar-refractivity contribution is -0.206. The van der Waals surface area contributed by atoms with Gasteiger partial charge in [0.15, 0.2) is 5.03 Å². The molecule has 0 saturated heterocycles. The molecule has 1 aromatic heterocycles. The number of cyclic esters (lactones) is 1. The number of hydrogen-bond acceptors (Lipinski definition) is 6. The van der Waals surface area contributed by atoms with Gasteiger partial charge in [-0.15, -0.1) is 0 Å². The van der Waals surface area contributed by atoms with Crippen molar-refractivity contribution in [3.63, 3.8) is 0 Å². The first-order valence-corrected chi connectivity index (χ1v) is 19.4. The van der Waals surface area contributed by atoms with E-state index < -0.39 is 61.5 Å². The molecule has 1 N–H and O–H groups in total. The summed E-state index contributed by atoms with van der Waals surface area (Å²) in [4.78, 5) is 18.5. The van der Waals surface area contributed by atoms with Crippen LogP contribution in [0.15, 0.2) is 77.2 Å². The number of esters is 1. The Morgan fingerprint density at radius 2 is 1.70 bits per heavy atom. The lowest BCUT2D eigenvalue weighted by Gasteiger charge is -2.57. The highest BCUT2D eigenvalue weighted by molar-refractivity contribution is 7.92. The SMILES string of the molecule is [2H]C([2H])(C)C(C)(C)[C@@]([2H])(C1=C(OC)C(C)(C)[C@@](C(C)CCC)(C(C)Cc2ccc(C)c(C)c2)OC1=O)c1cccc(NS(=O)(=O)c2ccc(C(F)(F)F)cn2)c1. The fourth-order valence-electron chi connectivity index (χ4n) is 8.08. The lowest BCUT2D eigenvalue weighted by atomic mass is 9.56. The third-order valence-corrected chi connectivity index (χ3v) is 12.3. The number of carbonyl (C=O) groups excluding carboxylic acids is 1. The van der Waals surface area contributed by atoms with E-state index in [0.717, 1.165) is 29.2 Å². The van der Waals surface area contributed by atoms with Gasteiger partial charge >= 0.3 is 12.1 Å². The van der Waals surface area contributed by atoms with Crippen molar-refractivity contribution >= 4 is 21.7 Å². The summed E-state index contributed by atoms with van der Waals surface area (Å²) in [7, 11) is -3.11. The normalized spacial score (nSPS) is 21.4. The number of sulfonamides is 1. The summed E-state index contributed by atoms with van der Waals surface area (Å²) in [5, 5.41) is -0.673. The van der Waals surface area contributed by atoms with Crippen LogP contribution in [0.5, 0.6) is 0 Å². The predicted molar refractivity (Wildman–Crippen MR) is 203 cm³/mol. The van der Waals surface area contributed by atoms with E-state index in [2.05, 4.69) is 55.6 Å². The van der Waals surface area contributed by atoms with E-state index >= 15 is 4.79 Å². The molecule has 290 valence electrons. The fraction of sp³-hybridized carbons (Fsp3) is 0.524. The molecule has 0 amide bonds. The van der Waals surface area contributed by atoms with Gasteiger partial charge in [0.1, 0.15) is 11.4 Å². The van der Waals surface area contributed by atoms with Crippen LogP contribution in [0.4, 0.5) is 18.9 Å². The highest BCUT2D eigenvalue weighted by Crippen LogP contribution is 2.59. The van der Waals surface area contributed by atoms with E-state index in [4.69, 9.17) is 12.2 Å². The Bertz CT molecular complexity index is 2080. The molecule has 0 bridgehead atoms. The zero-order chi connectivity index (χ0) is 42.4. The van der Waals surface area contributed by atoms with Gasteiger partial charge in [0, 0.05) is 27.8 Å². The van der Waals surface area contributed by atoms with Crippen LogP contribution in [0.3, 0.4) is 0 Å². The number of carbonyl (C=O) groups is 1. The number of aryl methyl sites for hydroxylation is 2. The van der Waals surface area contributed by atoms with Crippen molar-refractivity contribution < 1.29 is 40.0 Å². The molecule has 53 heavy (non-hydrogen) atoms. The first-order valence-electron chi connectivity index (χ1n) is 19.4. The van der Waals surface area contributed by atoms with Crippen molar-refractivity contribution in [2.24, 2.45) is 22.7 Å². The Morgan fingerprint density at radius 1 is 1.02 bits per heavy atom. The van der Waals surface area contributed by atoms with Crippen LogP contribution in [0.1, 0.15) is 112 Å². The Kier molecular flexibility index (Phi) is 10.9. The second kappa shape index (κ2) is 15.5. The monoisotopic (exact) mass is 759 g/mol. The molecule has 4 rings (SSSR count). The molecular weight excluding hydrogens is 702 g/mol. The number of rotatable bonds is 14. The number of hydrogen-bond donors (Lipinski definition) is 1. The largest absolute Gasteiger partial charge is 0.500 e. The van der Waals surface area contributed by atoms with Gasteiger partial charge < -0.3 is 9.47 Å². The average molecular weight is 760 g/mol. The van der Waals surface area contributed by atoms with Crippen LogP contribution in [-0.2, 0) is 36.9 Å². The minimum absolute atomic E-state index is 0.0448. The molecule has 2 heterocycles. The molecule has 7 nitrogen and oxygen atoms in total. The topological polar surface area (TPSA) is 94.6 Å². The van der Waals surface area contributed by atoms with E-state index in [-0.39, 0.29) is 34.4 Å². The summed E-state index contributed by atoms with van der Waals surface area (Å²) >= 11 is 0. The number of nitrogens with zero attached hydrogens (tertiary/aromatic N) is 1. The molecule has 0 spiro atoms. The van der Waals surface area contributed by atoms with Crippen molar-refractivity contribution in [1.29, 1.82) is 0 Å². The Balaban J connectivity index is 1.96. The maximum Gasteiger partial charge on any atom is 0.417 e. The van der Waals surface area contributed by atoms with Crippen molar-refractivity contribution in [2.75, 3.05) is 11.8 Å². The summed E-state index contributed by atoms with van der Waals surface area (Å²) in [6.07, 6.45) is -4.32. The van der Waals surface area contributed by atoms with Crippen LogP contribution >= 0.6 is 0 Å². The zero-order valence-electron chi connectivity index (χ0n) is 35.6. The molecule has 1 aliphatic heterocycles. The number of anilines is 1. The third kappa shape index (κ3) is 8.15. The van der Waals surface area contributed by atoms with E-state index in [9.17, 15) is 23.0 Å². The molecule has 0 radical (unpaired) electrons. The van der Waals surface area contributed by atoms with Crippen LogP contribution < -0.4 is 4.72 Å². The number of aromatic nitrogens is 1. The fourth-order valence-corrected chi connectivity index (χ4v) is 9.07. The van der Waals surface area contributed by atoms with Gasteiger partial charge in [-0.1, -0.05) is 84.7 Å². The predicted octanol–water partition coefficient (Wildman–Crippen LogP) is 10.6. The van der Waals surface area contributed by atoms with Crippen LogP contribution in [-0.4, -0.2) is 32.1 Å². The second-order valence-corrected chi connectivity index (χ2v) is 16.9. The Morgan fingerprint density at radius 3 is 2.25 bits per heavy atom. The maximum absolute atomic E-state index is 15.0. The quantitative estimate of drug-likeness (QED) is 0.165. The first-order chi connectivity index (χ1) is 25.6. The van der Waals surface area contributed by atoms with Gasteiger partial charge in [-0.05, 0) is 98.4 Å². The molecule has 2 unspecified atom stereocenters. The standard InChI is InChI=1S/C42H55F3N2O5S/c1-12-15-28(5)41(29(6)23-30-19-18-26(3)27(4)22-30)40(9,10)37(51-11)35(38(48)52-41)36(39(7,8)13-2)31-16-14-17-33(24-31)47-53(49,50)34-21-20-32(25-46-34)42(43,44)45/h14,16-22,24-25,28-29,36,47H,12-13,15,23H2,1-11H3/t28?,29?,36-,41-/m1/s1/i13D2,36D. The van der Waals surface area contributed by atoms with Crippen LogP contribution in [0.25, 0.3) is 0 Å². The average Bonchev–Trinajstić information content (AvgIpc) is 3.09. The van der Waals surface area contributed by atoms with E-state index in [1.807, 2.05) is 20.8 Å². The Labute approximate surface area is 318 Å². The molecule has 1 aliphatic rings. The van der Waals surface area contributed by atoms with Gasteiger partial charge in [-0.25, -0.2) is 9.78 Å². The van der Waals surface area contributed by atoms with Gasteiger partial charge in [0.25, 0.3) is 10.0 Å². The number of halogens is 3. The van der Waals surface area contributed by atoms with Gasteiger partial charge in [-0.2, -0.15) is 21.6 Å². The maximum atomic E-state index is 15.0. The van der Waals surface area contributed by atoms with Crippen LogP contribution in [0.2, 0.25) is 0 Å². The molecule has 0 saturated carbocycles. The molecule has 11 heteroatoms. The van der Waals surface area contributed by atoms with E-state index in [0.29, 0.717) is 25.1 Å². The molecule has 3 aromatic rings. The molecule has 4 atom stereocenters. The Hall–Kier alpha value is -3.86. The zero-order valence-corrected chi connectivity index (χ0v) is 33.4. The first kappa shape index (κ1) is 37.5. The molecule has 0 aliphatic carbocycles. The summed E-state index contributed by atoms with van der Waals surface area (Å²) in [5.74, 6) is -3.38. The number of nitrogens with one attached hydrogen (secondary N) is 1. The highest BCUT2D eigenvalue weighted by atomic mass is 32.2. The summed E-state index contributed by atoms with van der Waals surface area (Å²) in [6.45, 7) is 18.5. The van der Waals surface area contributed by atoms with Crippen molar-refractivity contribution in [3.8, 4) is 0 Å². The number of ether oxygens (including phenoxy) is 2. The van der Waals surface area contributed by atoms with Gasteiger partial charge in [-0.3, -0.25) is 4.72 Å². The summed E-state index contributed by atoms with van der Waals surface area (Å²) < 4.78 is 110. The molecule has 2 aromatic carbocycles. The van der Waals surface area contributed by atoms with Crippen LogP contribution in [0, 0.1) is 36.5 Å². The minimum Gasteiger partial charge on any atom is -0.500 e. The second-order valence-electron chi connectivity index (χ2n) is 15.2. The molecular formula is C42H55F3N2O5S.